The van der Waals surface area contributed by atoms with Crippen molar-refractivity contribution in [3.05, 3.63) is 119 Å². The van der Waals surface area contributed by atoms with Crippen LogP contribution in [0.25, 0.3) is 11.0 Å². The number of nitrogens with one attached hydrogen (secondary N) is 2. The summed E-state index contributed by atoms with van der Waals surface area (Å²) in [5.74, 6) is 1.07. The molecule has 1 atom stereocenters. The van der Waals surface area contributed by atoms with E-state index in [4.69, 9.17) is 21.0 Å². The van der Waals surface area contributed by atoms with Crippen molar-refractivity contribution in [3.8, 4) is 0 Å². The maximum absolute atomic E-state index is 13.1. The largest absolute Gasteiger partial charge is 0.472 e. The van der Waals surface area contributed by atoms with Gasteiger partial charge in [-0.15, -0.1) is 0 Å². The number of carbonyl (C=O) groups excluding carboxylic acids is 1. The monoisotopic (exact) mass is 595 g/mol. The zero-order valence-electron chi connectivity index (χ0n) is 24.5. The van der Waals surface area contributed by atoms with Gasteiger partial charge in [-0.1, -0.05) is 54.1 Å². The second kappa shape index (κ2) is 13.5. The van der Waals surface area contributed by atoms with Crippen molar-refractivity contribution in [2.45, 2.75) is 37.6 Å². The fourth-order valence-electron chi connectivity index (χ4n) is 6.09. The summed E-state index contributed by atoms with van der Waals surface area (Å²) in [6, 6.07) is 26.2. The zero-order chi connectivity index (χ0) is 29.6. The van der Waals surface area contributed by atoms with Gasteiger partial charge in [0.15, 0.2) is 0 Å². The molecule has 1 unspecified atom stereocenters. The molecule has 0 saturated carbocycles. The maximum atomic E-state index is 13.1. The van der Waals surface area contributed by atoms with Crippen molar-refractivity contribution in [2.24, 2.45) is 0 Å². The van der Waals surface area contributed by atoms with Crippen molar-refractivity contribution in [2.75, 3.05) is 38.5 Å². The maximum Gasteiger partial charge on any atom is 0.253 e. The van der Waals surface area contributed by atoms with Crippen molar-refractivity contribution < 1.29 is 9.21 Å². The van der Waals surface area contributed by atoms with Gasteiger partial charge < -0.3 is 24.5 Å². The minimum absolute atomic E-state index is 0.0405. The lowest BCUT2D eigenvalue weighted by Crippen LogP contribution is -2.40. The Morgan fingerprint density at radius 2 is 1.91 bits per heavy atom. The van der Waals surface area contributed by atoms with Gasteiger partial charge in [-0.05, 0) is 78.9 Å². The van der Waals surface area contributed by atoms with Gasteiger partial charge in [-0.3, -0.25) is 4.79 Å². The summed E-state index contributed by atoms with van der Waals surface area (Å²) in [5, 5.41) is 4.38. The first-order valence-electron chi connectivity index (χ1n) is 15.1. The van der Waals surface area contributed by atoms with Crippen LogP contribution in [-0.4, -0.2) is 64.9 Å². The average Bonchev–Trinajstić information content (AvgIpc) is 3.70. The van der Waals surface area contributed by atoms with Crippen LogP contribution in [0.2, 0.25) is 5.02 Å². The lowest BCUT2D eigenvalue weighted by molar-refractivity contribution is 0.0782. The molecule has 1 saturated heterocycles. The summed E-state index contributed by atoms with van der Waals surface area (Å²) in [5.41, 5.74) is 6.26. The predicted octanol–water partition coefficient (Wildman–Crippen LogP) is 7.22. The number of hydrogen-bond acceptors (Lipinski definition) is 5. The van der Waals surface area contributed by atoms with Gasteiger partial charge in [0, 0.05) is 55.6 Å². The lowest BCUT2D eigenvalue weighted by Gasteiger charge is -2.33. The number of imidazole rings is 1. The van der Waals surface area contributed by atoms with Crippen LogP contribution in [0.4, 0.5) is 5.95 Å². The van der Waals surface area contributed by atoms with Crippen LogP contribution >= 0.6 is 11.6 Å². The highest BCUT2D eigenvalue weighted by Crippen LogP contribution is 2.27. The molecule has 2 aromatic heterocycles. The van der Waals surface area contributed by atoms with Crippen LogP contribution in [0.3, 0.4) is 0 Å². The molecular weight excluding hydrogens is 558 g/mol. The van der Waals surface area contributed by atoms with Crippen LogP contribution in [0.15, 0.2) is 95.8 Å². The molecule has 0 spiro atoms. The lowest BCUT2D eigenvalue weighted by atomic mass is 9.94. The summed E-state index contributed by atoms with van der Waals surface area (Å²) in [6.45, 7) is 3.65. The summed E-state index contributed by atoms with van der Waals surface area (Å²) >= 11 is 6.37. The number of rotatable bonds is 11. The Morgan fingerprint density at radius 1 is 1.09 bits per heavy atom. The van der Waals surface area contributed by atoms with E-state index in [0.29, 0.717) is 18.2 Å². The number of benzene rings is 3. The van der Waals surface area contributed by atoms with Gasteiger partial charge in [-0.2, -0.15) is 0 Å². The highest BCUT2D eigenvalue weighted by molar-refractivity contribution is 6.30. The van der Waals surface area contributed by atoms with Crippen molar-refractivity contribution >= 4 is 34.5 Å². The van der Waals surface area contributed by atoms with Crippen LogP contribution in [0, 0.1) is 0 Å². The normalized spacial score (nSPS) is 15.0. The van der Waals surface area contributed by atoms with Crippen molar-refractivity contribution in [1.82, 2.24) is 19.8 Å². The Kier molecular flexibility index (Phi) is 9.10. The van der Waals surface area contributed by atoms with Gasteiger partial charge in [0.1, 0.15) is 0 Å². The number of fused-ring (bicyclic) bond motifs is 1. The average molecular weight is 596 g/mol. The van der Waals surface area contributed by atoms with Crippen molar-refractivity contribution in [1.29, 1.82) is 0 Å². The summed E-state index contributed by atoms with van der Waals surface area (Å²) < 4.78 is 5.25. The minimum Gasteiger partial charge on any atom is -0.472 e. The SMILES string of the molecule is CN(CC(CCN1CCC(Nc2nc3c(Cc4ccoc4)cccc3[nH]2)CC1)c1cccc(Cl)c1)C(=O)c1ccccc1. The molecule has 2 N–H and O–H groups in total. The number of halogens is 1. The third-order valence-electron chi connectivity index (χ3n) is 8.47. The predicted molar refractivity (Wildman–Crippen MR) is 173 cm³/mol. The molecule has 6 rings (SSSR count). The molecule has 0 aliphatic carbocycles. The zero-order valence-corrected chi connectivity index (χ0v) is 25.3. The molecule has 0 bridgehead atoms. The number of aromatic nitrogens is 2. The first kappa shape index (κ1) is 29.0. The third kappa shape index (κ3) is 7.29. The van der Waals surface area contributed by atoms with E-state index in [1.165, 1.54) is 11.1 Å². The Hall–Kier alpha value is -4.07. The summed E-state index contributed by atoms with van der Waals surface area (Å²) in [6.07, 6.45) is 7.34. The standard InChI is InChI=1S/C35H38ClN5O2/c1-40(34(42)26-7-3-2-4-8-26)23-29(27-9-5-11-30(36)22-27)13-17-41-18-14-31(15-19-41)37-35-38-32-12-6-10-28(33(32)39-35)21-25-16-20-43-24-25/h2-12,16,20,22,24,29,31H,13-15,17-19,21,23H2,1H3,(H2,37,38,39). The molecule has 1 amide bonds. The molecule has 222 valence electrons. The Balaban J connectivity index is 1.04. The fraction of sp³-hybridized carbons (Fsp3) is 0.314. The number of aromatic amines is 1. The van der Waals surface area contributed by atoms with Crippen molar-refractivity contribution in [3.63, 3.8) is 0 Å². The summed E-state index contributed by atoms with van der Waals surface area (Å²) in [7, 11) is 1.89. The van der Waals surface area contributed by atoms with E-state index >= 15 is 0 Å². The molecule has 1 aliphatic heterocycles. The van der Waals surface area contributed by atoms with E-state index in [9.17, 15) is 4.79 Å². The number of hydrogen-bond donors (Lipinski definition) is 2. The van der Waals surface area contributed by atoms with Gasteiger partial charge in [0.2, 0.25) is 5.95 Å². The first-order chi connectivity index (χ1) is 21.0. The van der Waals surface area contributed by atoms with E-state index in [-0.39, 0.29) is 11.8 Å². The first-order valence-corrected chi connectivity index (χ1v) is 15.4. The molecule has 8 heteroatoms. The Bertz CT molecular complexity index is 1630. The minimum atomic E-state index is 0.0405. The fourth-order valence-corrected chi connectivity index (χ4v) is 6.29. The van der Waals surface area contributed by atoms with Gasteiger partial charge >= 0.3 is 0 Å². The van der Waals surface area contributed by atoms with Crippen LogP contribution in [0.1, 0.15) is 52.2 Å². The molecule has 3 heterocycles. The summed E-state index contributed by atoms with van der Waals surface area (Å²) in [4.78, 5) is 25.9. The van der Waals surface area contributed by atoms with Gasteiger partial charge in [-0.25, -0.2) is 4.98 Å². The van der Waals surface area contributed by atoms with E-state index < -0.39 is 0 Å². The number of anilines is 1. The number of furan rings is 1. The third-order valence-corrected chi connectivity index (χ3v) is 8.71. The number of amides is 1. The topological polar surface area (TPSA) is 77.4 Å². The Labute approximate surface area is 257 Å². The molecular formula is C35H38ClN5O2. The van der Waals surface area contributed by atoms with E-state index in [2.05, 4.69) is 39.5 Å². The molecule has 3 aromatic carbocycles. The van der Waals surface area contributed by atoms with E-state index in [1.807, 2.05) is 66.5 Å². The highest BCUT2D eigenvalue weighted by atomic mass is 35.5. The van der Waals surface area contributed by atoms with Gasteiger partial charge in [0.05, 0.1) is 23.6 Å². The Morgan fingerprint density at radius 3 is 2.67 bits per heavy atom. The van der Waals surface area contributed by atoms with Crippen LogP contribution < -0.4 is 5.32 Å². The smallest absolute Gasteiger partial charge is 0.253 e. The number of piperidine rings is 1. The highest BCUT2D eigenvalue weighted by Gasteiger charge is 2.23. The number of likely N-dealkylation sites (tertiary alicyclic amines) is 1. The number of nitrogens with zero attached hydrogens (tertiary/aromatic N) is 3. The number of carbonyl (C=O) groups is 1. The molecule has 5 aromatic rings. The second-order valence-electron chi connectivity index (χ2n) is 11.6. The molecule has 1 aliphatic rings. The molecule has 0 radical (unpaired) electrons. The molecule has 43 heavy (non-hydrogen) atoms. The molecule has 7 nitrogen and oxygen atoms in total. The van der Waals surface area contributed by atoms with Crippen LogP contribution in [-0.2, 0) is 6.42 Å². The van der Waals surface area contributed by atoms with Gasteiger partial charge in [0.25, 0.3) is 5.91 Å². The number of likely N-dealkylation sites (N-methyl/N-ethyl adjacent to an activating group) is 1. The molecule has 1 fully saturated rings. The number of H-pyrrole nitrogens is 1. The van der Waals surface area contributed by atoms with E-state index in [1.54, 1.807) is 12.5 Å². The second-order valence-corrected chi connectivity index (χ2v) is 12.0. The van der Waals surface area contributed by atoms with E-state index in [0.717, 1.165) is 72.9 Å². The van der Waals surface area contributed by atoms with Crippen LogP contribution in [0.5, 0.6) is 0 Å². The quantitative estimate of drug-likeness (QED) is 0.169. The number of para-hydroxylation sites is 1.